The maximum Gasteiger partial charge on any atom is 0.144 e. The maximum absolute atomic E-state index is 5.85. The lowest BCUT2D eigenvalue weighted by Crippen LogP contribution is -2.24. The van der Waals surface area contributed by atoms with Crippen molar-refractivity contribution in [1.29, 1.82) is 0 Å². The number of benzene rings is 1. The maximum atomic E-state index is 5.85. The molecule has 0 saturated heterocycles. The molecule has 1 fully saturated rings. The van der Waals surface area contributed by atoms with Crippen LogP contribution in [0.3, 0.4) is 0 Å². The number of hydrogen-bond acceptors (Lipinski definition) is 2. The first-order chi connectivity index (χ1) is 6.27. The lowest BCUT2D eigenvalue weighted by Gasteiger charge is -2.27. The molecule has 0 bridgehead atoms. The van der Waals surface area contributed by atoms with Gasteiger partial charge in [0.15, 0.2) is 0 Å². The number of hydrogen-bond donors (Lipinski definition) is 1. The van der Waals surface area contributed by atoms with Crippen LogP contribution in [0.2, 0.25) is 5.02 Å². The van der Waals surface area contributed by atoms with E-state index in [1.807, 2.05) is 12.1 Å². The summed E-state index contributed by atoms with van der Waals surface area (Å²) in [7, 11) is 0. The summed E-state index contributed by atoms with van der Waals surface area (Å²) in [5.74, 6) is 0.720. The summed E-state index contributed by atoms with van der Waals surface area (Å²) >= 11 is 5.85. The van der Waals surface area contributed by atoms with Crippen molar-refractivity contribution in [3.05, 3.63) is 23.2 Å². The Morgan fingerprint density at radius 1 is 1.38 bits per heavy atom. The van der Waals surface area contributed by atoms with E-state index in [1.54, 1.807) is 6.07 Å². The summed E-state index contributed by atoms with van der Waals surface area (Å²) in [6.07, 6.45) is 3.86. The second kappa shape index (κ2) is 3.46. The molecule has 0 aliphatic heterocycles. The van der Waals surface area contributed by atoms with Gasteiger partial charge >= 0.3 is 0 Å². The molecule has 0 atom stereocenters. The summed E-state index contributed by atoms with van der Waals surface area (Å²) in [5.41, 5.74) is 6.30. The Morgan fingerprint density at radius 2 is 2.15 bits per heavy atom. The Labute approximate surface area is 82.6 Å². The van der Waals surface area contributed by atoms with Gasteiger partial charge in [-0.05, 0) is 31.4 Å². The van der Waals surface area contributed by atoms with E-state index in [-0.39, 0.29) is 0 Å². The zero-order valence-corrected chi connectivity index (χ0v) is 8.05. The van der Waals surface area contributed by atoms with Gasteiger partial charge < -0.3 is 10.5 Å². The highest BCUT2D eigenvalue weighted by atomic mass is 35.5. The molecule has 0 aromatic heterocycles. The second-order valence-electron chi connectivity index (χ2n) is 3.32. The van der Waals surface area contributed by atoms with Gasteiger partial charge in [-0.1, -0.05) is 17.7 Å². The monoisotopic (exact) mass is 197 g/mol. The quantitative estimate of drug-likeness (QED) is 0.740. The molecule has 1 aliphatic carbocycles. The summed E-state index contributed by atoms with van der Waals surface area (Å²) in [4.78, 5) is 0. The van der Waals surface area contributed by atoms with Crippen LogP contribution in [0, 0.1) is 0 Å². The molecule has 2 N–H and O–H groups in total. The molecule has 2 rings (SSSR count). The van der Waals surface area contributed by atoms with E-state index in [0.29, 0.717) is 16.8 Å². The molecule has 13 heavy (non-hydrogen) atoms. The predicted octanol–water partition coefficient (Wildman–Crippen LogP) is 2.85. The van der Waals surface area contributed by atoms with E-state index in [9.17, 15) is 0 Å². The van der Waals surface area contributed by atoms with Crippen molar-refractivity contribution >= 4 is 17.3 Å². The molecule has 0 amide bonds. The van der Waals surface area contributed by atoms with Crippen molar-refractivity contribution in [1.82, 2.24) is 0 Å². The summed E-state index contributed by atoms with van der Waals surface area (Å²) in [6, 6.07) is 5.48. The van der Waals surface area contributed by atoms with Crippen molar-refractivity contribution in [3.63, 3.8) is 0 Å². The fourth-order valence-electron chi connectivity index (χ4n) is 1.29. The zero-order valence-electron chi connectivity index (χ0n) is 7.29. The van der Waals surface area contributed by atoms with Crippen LogP contribution in [0.15, 0.2) is 18.2 Å². The van der Waals surface area contributed by atoms with Gasteiger partial charge in [-0.3, -0.25) is 0 Å². The molecule has 0 radical (unpaired) electrons. The lowest BCUT2D eigenvalue weighted by atomic mass is 9.96. The molecule has 2 nitrogen and oxygen atoms in total. The highest BCUT2D eigenvalue weighted by Crippen LogP contribution is 2.32. The van der Waals surface area contributed by atoms with Crippen molar-refractivity contribution < 1.29 is 4.74 Å². The molecule has 1 aromatic rings. The van der Waals surface area contributed by atoms with Crippen LogP contribution in [-0.2, 0) is 0 Å². The van der Waals surface area contributed by atoms with Crippen LogP contribution in [0.5, 0.6) is 5.75 Å². The zero-order chi connectivity index (χ0) is 9.26. The number of nitrogen functional groups attached to an aromatic ring is 1. The van der Waals surface area contributed by atoms with E-state index < -0.39 is 0 Å². The van der Waals surface area contributed by atoms with Gasteiger partial charge in [-0.15, -0.1) is 0 Å². The second-order valence-corrected chi connectivity index (χ2v) is 3.73. The van der Waals surface area contributed by atoms with Gasteiger partial charge in [-0.2, -0.15) is 0 Å². The topological polar surface area (TPSA) is 35.2 Å². The van der Waals surface area contributed by atoms with E-state index in [4.69, 9.17) is 22.1 Å². The minimum Gasteiger partial charge on any atom is -0.488 e. The first-order valence-corrected chi connectivity index (χ1v) is 4.86. The highest BCUT2D eigenvalue weighted by molar-refractivity contribution is 6.33. The number of ether oxygens (including phenoxy) is 1. The van der Waals surface area contributed by atoms with Gasteiger partial charge in [0.1, 0.15) is 5.75 Å². The number of halogens is 1. The van der Waals surface area contributed by atoms with Gasteiger partial charge in [0.05, 0.1) is 16.8 Å². The molecule has 1 aliphatic rings. The number of nitrogens with two attached hydrogens (primary N) is 1. The summed E-state index contributed by atoms with van der Waals surface area (Å²) in [6.45, 7) is 0. The average Bonchev–Trinajstić information content (AvgIpc) is 2.04. The molecule has 3 heteroatoms. The van der Waals surface area contributed by atoms with Crippen LogP contribution < -0.4 is 10.5 Å². The van der Waals surface area contributed by atoms with Crippen LogP contribution in [0.4, 0.5) is 5.69 Å². The average molecular weight is 198 g/mol. The fraction of sp³-hybridized carbons (Fsp3) is 0.400. The third kappa shape index (κ3) is 1.73. The van der Waals surface area contributed by atoms with Crippen molar-refractivity contribution in [2.24, 2.45) is 0 Å². The molecule has 0 heterocycles. The summed E-state index contributed by atoms with van der Waals surface area (Å²) < 4.78 is 5.65. The molecule has 1 saturated carbocycles. The Balaban J connectivity index is 2.14. The Morgan fingerprint density at radius 3 is 2.77 bits per heavy atom. The molecule has 0 unspecified atom stereocenters. The van der Waals surface area contributed by atoms with E-state index in [1.165, 1.54) is 6.42 Å². The largest absolute Gasteiger partial charge is 0.488 e. The van der Waals surface area contributed by atoms with E-state index in [2.05, 4.69) is 0 Å². The Bertz CT molecular complexity index is 310. The van der Waals surface area contributed by atoms with Crippen molar-refractivity contribution in [2.45, 2.75) is 25.4 Å². The minimum atomic E-state index is 0.348. The van der Waals surface area contributed by atoms with Crippen LogP contribution >= 0.6 is 11.6 Å². The van der Waals surface area contributed by atoms with Gasteiger partial charge in [0, 0.05) is 0 Å². The van der Waals surface area contributed by atoms with Crippen LogP contribution in [0.1, 0.15) is 19.3 Å². The third-order valence-corrected chi connectivity index (χ3v) is 2.69. The Kier molecular flexibility index (Phi) is 2.32. The van der Waals surface area contributed by atoms with Crippen LogP contribution in [0.25, 0.3) is 0 Å². The summed E-state index contributed by atoms with van der Waals surface area (Å²) in [5, 5.41) is 0.567. The third-order valence-electron chi connectivity index (χ3n) is 2.36. The Hall–Kier alpha value is -0.890. The van der Waals surface area contributed by atoms with Crippen molar-refractivity contribution in [2.75, 3.05) is 5.73 Å². The van der Waals surface area contributed by atoms with E-state index in [0.717, 1.165) is 18.6 Å². The SMILES string of the molecule is Nc1c(Cl)cccc1OC1CCC1. The predicted molar refractivity (Wildman–Crippen MR) is 54.1 cm³/mol. The minimum absolute atomic E-state index is 0.348. The van der Waals surface area contributed by atoms with Gasteiger partial charge in [0.25, 0.3) is 0 Å². The molecule has 1 aromatic carbocycles. The molecular formula is C10H12ClNO. The van der Waals surface area contributed by atoms with Gasteiger partial charge in [0.2, 0.25) is 0 Å². The van der Waals surface area contributed by atoms with E-state index >= 15 is 0 Å². The normalized spacial score (nSPS) is 16.7. The molecule has 70 valence electrons. The van der Waals surface area contributed by atoms with Crippen LogP contribution in [-0.4, -0.2) is 6.10 Å². The molecular weight excluding hydrogens is 186 g/mol. The first-order valence-electron chi connectivity index (χ1n) is 4.48. The number of para-hydroxylation sites is 1. The number of rotatable bonds is 2. The smallest absolute Gasteiger partial charge is 0.144 e. The first kappa shape index (κ1) is 8.70. The standard InChI is InChI=1S/C10H12ClNO/c11-8-5-2-6-9(10(8)12)13-7-3-1-4-7/h2,5-7H,1,3-4,12H2. The number of anilines is 1. The highest BCUT2D eigenvalue weighted by Gasteiger charge is 2.20. The lowest BCUT2D eigenvalue weighted by molar-refractivity contribution is 0.121. The molecule has 0 spiro atoms. The fourth-order valence-corrected chi connectivity index (χ4v) is 1.45. The van der Waals surface area contributed by atoms with Gasteiger partial charge in [-0.25, -0.2) is 0 Å². The van der Waals surface area contributed by atoms with Crippen molar-refractivity contribution in [3.8, 4) is 5.75 Å².